The van der Waals surface area contributed by atoms with Crippen molar-refractivity contribution >= 4 is 38.7 Å². The Hall–Kier alpha value is -1.20. The summed E-state index contributed by atoms with van der Waals surface area (Å²) in [6.07, 6.45) is 0. The molecule has 0 spiro atoms. The van der Waals surface area contributed by atoms with Crippen LogP contribution >= 0.6 is 27.3 Å². The van der Waals surface area contributed by atoms with E-state index in [2.05, 4.69) is 15.9 Å². The summed E-state index contributed by atoms with van der Waals surface area (Å²) >= 11 is 4.63. The minimum atomic E-state index is -0.550. The van der Waals surface area contributed by atoms with Crippen LogP contribution in [0.1, 0.15) is 20.8 Å². The molecule has 2 N–H and O–H groups in total. The fourth-order valence-electron chi connectivity index (χ4n) is 1.42. The summed E-state index contributed by atoms with van der Waals surface area (Å²) in [7, 11) is 0. The normalized spacial score (nSPS) is 10.5. The average molecular weight is 314 g/mol. The maximum Gasteiger partial charge on any atom is 0.206 e. The van der Waals surface area contributed by atoms with Crippen molar-refractivity contribution < 1.29 is 9.18 Å². The van der Waals surface area contributed by atoms with Gasteiger partial charge in [-0.1, -0.05) is 0 Å². The largest absolute Gasteiger partial charge is 0.399 e. The van der Waals surface area contributed by atoms with Crippen molar-refractivity contribution in [3.63, 3.8) is 0 Å². The zero-order valence-electron chi connectivity index (χ0n) is 8.96. The number of benzene rings is 1. The highest BCUT2D eigenvalue weighted by Crippen LogP contribution is 2.29. The number of rotatable bonds is 2. The van der Waals surface area contributed by atoms with Crippen LogP contribution in [0.2, 0.25) is 0 Å². The van der Waals surface area contributed by atoms with Crippen molar-refractivity contribution in [2.45, 2.75) is 6.92 Å². The van der Waals surface area contributed by atoms with E-state index in [4.69, 9.17) is 5.73 Å². The average Bonchev–Trinajstić information content (AvgIpc) is 2.62. The number of halogens is 2. The number of ketones is 1. The zero-order valence-corrected chi connectivity index (χ0v) is 11.4. The molecule has 0 saturated carbocycles. The predicted molar refractivity (Wildman–Crippen MR) is 71.0 cm³/mol. The first kappa shape index (κ1) is 12.3. The molecule has 0 radical (unpaired) electrons. The lowest BCUT2D eigenvalue weighted by molar-refractivity contribution is 0.103. The molecule has 0 saturated heterocycles. The second-order valence-corrected chi connectivity index (χ2v) is 6.01. The van der Waals surface area contributed by atoms with E-state index >= 15 is 0 Å². The first-order chi connectivity index (χ1) is 7.99. The molecule has 88 valence electrons. The molecule has 0 bridgehead atoms. The Morgan fingerprint density at radius 2 is 2.12 bits per heavy atom. The van der Waals surface area contributed by atoms with Crippen molar-refractivity contribution in [2.24, 2.45) is 0 Å². The molecule has 0 atom stereocenters. The van der Waals surface area contributed by atoms with Crippen LogP contribution in [0.5, 0.6) is 0 Å². The number of anilines is 1. The van der Waals surface area contributed by atoms with Gasteiger partial charge in [0.2, 0.25) is 5.78 Å². The van der Waals surface area contributed by atoms with Gasteiger partial charge in [-0.15, -0.1) is 11.3 Å². The first-order valence-corrected chi connectivity index (χ1v) is 6.45. The molecule has 0 aliphatic rings. The molecule has 1 aromatic heterocycles. The maximum absolute atomic E-state index is 13.5. The number of hydrogen-bond donors (Lipinski definition) is 1. The van der Waals surface area contributed by atoms with E-state index in [-0.39, 0.29) is 11.3 Å². The first-order valence-electron chi connectivity index (χ1n) is 4.84. The number of carbonyl (C=O) groups is 1. The lowest BCUT2D eigenvalue weighted by Crippen LogP contribution is -2.03. The van der Waals surface area contributed by atoms with Crippen LogP contribution in [0.4, 0.5) is 10.1 Å². The third kappa shape index (κ3) is 2.40. The number of aryl methyl sites for hydroxylation is 1. The van der Waals surface area contributed by atoms with Gasteiger partial charge in [0.25, 0.3) is 0 Å². The molecule has 5 heteroatoms. The van der Waals surface area contributed by atoms with Crippen molar-refractivity contribution in [1.29, 1.82) is 0 Å². The fraction of sp³-hybridized carbons (Fsp3) is 0.0833. The number of nitrogens with two attached hydrogens (primary N) is 1. The second-order valence-electron chi connectivity index (χ2n) is 3.64. The van der Waals surface area contributed by atoms with Gasteiger partial charge >= 0.3 is 0 Å². The molecule has 0 aliphatic carbocycles. The summed E-state index contributed by atoms with van der Waals surface area (Å²) in [4.78, 5) is 12.6. The van der Waals surface area contributed by atoms with Crippen LogP contribution in [0.25, 0.3) is 0 Å². The predicted octanol–water partition coefficient (Wildman–Crippen LogP) is 3.77. The van der Waals surface area contributed by atoms with Gasteiger partial charge in [0.05, 0.1) is 14.2 Å². The smallest absolute Gasteiger partial charge is 0.206 e. The van der Waals surface area contributed by atoms with Crippen LogP contribution in [-0.2, 0) is 0 Å². The van der Waals surface area contributed by atoms with E-state index in [0.717, 1.165) is 9.35 Å². The molecule has 2 rings (SSSR count). The van der Waals surface area contributed by atoms with Crippen molar-refractivity contribution in [3.8, 4) is 0 Å². The third-order valence-corrected chi connectivity index (χ3v) is 4.45. The van der Waals surface area contributed by atoms with Crippen LogP contribution in [0.3, 0.4) is 0 Å². The third-order valence-electron chi connectivity index (χ3n) is 2.32. The van der Waals surface area contributed by atoms with E-state index in [1.54, 1.807) is 6.07 Å². The van der Waals surface area contributed by atoms with E-state index in [1.165, 1.54) is 29.5 Å². The van der Waals surface area contributed by atoms with Crippen molar-refractivity contribution in [1.82, 2.24) is 0 Å². The van der Waals surface area contributed by atoms with E-state index in [9.17, 15) is 9.18 Å². The molecule has 0 amide bonds. The molecular weight excluding hydrogens is 305 g/mol. The highest BCUT2D eigenvalue weighted by molar-refractivity contribution is 9.11. The second kappa shape index (κ2) is 4.58. The van der Waals surface area contributed by atoms with Gasteiger partial charge in [-0.2, -0.15) is 0 Å². The minimum absolute atomic E-state index is 0.0127. The van der Waals surface area contributed by atoms with Gasteiger partial charge in [0.15, 0.2) is 0 Å². The Bertz CT molecular complexity index is 575. The maximum atomic E-state index is 13.5. The molecule has 0 unspecified atom stereocenters. The van der Waals surface area contributed by atoms with Crippen molar-refractivity contribution in [3.05, 3.63) is 49.9 Å². The van der Waals surface area contributed by atoms with Gasteiger partial charge < -0.3 is 5.73 Å². The highest BCUT2D eigenvalue weighted by atomic mass is 79.9. The Balaban J connectivity index is 2.47. The lowest BCUT2D eigenvalue weighted by atomic mass is 10.1. The quantitative estimate of drug-likeness (QED) is 0.677. The summed E-state index contributed by atoms with van der Waals surface area (Å²) < 4.78 is 14.4. The van der Waals surface area contributed by atoms with E-state index in [0.29, 0.717) is 10.6 Å². The Morgan fingerprint density at radius 3 is 2.71 bits per heavy atom. The van der Waals surface area contributed by atoms with Crippen molar-refractivity contribution in [2.75, 3.05) is 5.73 Å². The van der Waals surface area contributed by atoms with E-state index < -0.39 is 5.82 Å². The standard InChI is InChI=1S/C12H9BrFNOS/c1-6-4-10(17-12(6)13)11(16)8-5-7(15)2-3-9(8)14/h2-5H,15H2,1H3. The topological polar surface area (TPSA) is 43.1 Å². The Morgan fingerprint density at radius 1 is 1.41 bits per heavy atom. The van der Waals surface area contributed by atoms with E-state index in [1.807, 2.05) is 6.92 Å². The SMILES string of the molecule is Cc1cc(C(=O)c2cc(N)ccc2F)sc1Br. The Labute approximate surface area is 110 Å². The molecule has 0 aliphatic heterocycles. The molecule has 2 aromatic rings. The van der Waals surface area contributed by atoms with Crippen LogP contribution < -0.4 is 5.73 Å². The van der Waals surface area contributed by atoms with Crippen LogP contribution in [0, 0.1) is 12.7 Å². The van der Waals surface area contributed by atoms with Gasteiger partial charge in [-0.25, -0.2) is 4.39 Å². The molecule has 2 nitrogen and oxygen atoms in total. The molecule has 1 heterocycles. The Kier molecular flexibility index (Phi) is 3.31. The van der Waals surface area contributed by atoms with Gasteiger partial charge in [-0.3, -0.25) is 4.79 Å². The number of hydrogen-bond acceptors (Lipinski definition) is 3. The molecule has 17 heavy (non-hydrogen) atoms. The number of nitrogen functional groups attached to an aromatic ring is 1. The monoisotopic (exact) mass is 313 g/mol. The minimum Gasteiger partial charge on any atom is -0.399 e. The summed E-state index contributed by atoms with van der Waals surface area (Å²) in [6, 6.07) is 5.74. The summed E-state index contributed by atoms with van der Waals surface area (Å²) in [6.45, 7) is 1.88. The van der Waals surface area contributed by atoms with Gasteiger partial charge in [0.1, 0.15) is 5.82 Å². The number of thiophene rings is 1. The van der Waals surface area contributed by atoms with Crippen LogP contribution in [0.15, 0.2) is 28.1 Å². The zero-order chi connectivity index (χ0) is 12.6. The van der Waals surface area contributed by atoms with Gasteiger partial charge in [0, 0.05) is 5.69 Å². The summed E-state index contributed by atoms with van der Waals surface area (Å²) in [5, 5.41) is 0. The highest BCUT2D eigenvalue weighted by Gasteiger charge is 2.17. The van der Waals surface area contributed by atoms with Crippen LogP contribution in [-0.4, -0.2) is 5.78 Å². The summed E-state index contributed by atoms with van der Waals surface area (Å²) in [5.41, 5.74) is 6.90. The number of carbonyl (C=O) groups excluding carboxylic acids is 1. The molecular formula is C12H9BrFNOS. The lowest BCUT2D eigenvalue weighted by Gasteiger charge is -2.01. The molecule has 1 aromatic carbocycles. The van der Waals surface area contributed by atoms with Gasteiger partial charge in [-0.05, 0) is 52.7 Å². The molecule has 0 fully saturated rings. The fourth-order valence-corrected chi connectivity index (χ4v) is 2.91. The summed E-state index contributed by atoms with van der Waals surface area (Å²) in [5.74, 6) is -0.889.